The maximum absolute atomic E-state index is 6.31. The molecule has 0 spiro atoms. The van der Waals surface area contributed by atoms with E-state index in [2.05, 4.69) is 12.1 Å². The summed E-state index contributed by atoms with van der Waals surface area (Å²) in [5.74, 6) is 1.25. The van der Waals surface area contributed by atoms with E-state index in [9.17, 15) is 0 Å². The largest absolute Gasteiger partial charge is 0.323 e. The average molecular weight is 256 g/mol. The smallest absolute Gasteiger partial charge is 0.0438 e. The Labute approximate surface area is 107 Å². The molecule has 2 N–H and O–H groups in total. The summed E-state index contributed by atoms with van der Waals surface area (Å²) in [5.41, 5.74) is 8.60. The lowest BCUT2D eigenvalue weighted by atomic mass is 9.99. The third kappa shape index (κ3) is 2.73. The van der Waals surface area contributed by atoms with Crippen LogP contribution in [0.3, 0.4) is 0 Å². The maximum Gasteiger partial charge on any atom is 0.0438 e. The number of nitrogens with two attached hydrogens (primary N) is 1. The zero-order valence-electron chi connectivity index (χ0n) is 9.58. The van der Waals surface area contributed by atoms with Crippen LogP contribution >= 0.6 is 23.4 Å². The van der Waals surface area contributed by atoms with E-state index in [0.717, 1.165) is 10.6 Å². The van der Waals surface area contributed by atoms with Crippen molar-refractivity contribution in [2.75, 3.05) is 5.75 Å². The second-order valence-electron chi connectivity index (χ2n) is 4.44. The molecule has 3 heteroatoms. The van der Waals surface area contributed by atoms with Crippen molar-refractivity contribution in [3.63, 3.8) is 0 Å². The van der Waals surface area contributed by atoms with Crippen LogP contribution in [0.25, 0.3) is 0 Å². The Morgan fingerprint density at radius 2 is 2.25 bits per heavy atom. The first-order chi connectivity index (χ1) is 7.68. The van der Waals surface area contributed by atoms with Crippen LogP contribution in [-0.4, -0.2) is 11.0 Å². The van der Waals surface area contributed by atoms with Crippen LogP contribution in [0, 0.1) is 6.92 Å². The molecule has 2 rings (SSSR count). The molecule has 1 saturated heterocycles. The van der Waals surface area contributed by atoms with E-state index in [1.54, 1.807) is 0 Å². The van der Waals surface area contributed by atoms with Crippen LogP contribution in [0.1, 0.15) is 36.4 Å². The zero-order chi connectivity index (χ0) is 11.5. The van der Waals surface area contributed by atoms with E-state index in [1.165, 1.54) is 30.6 Å². The van der Waals surface area contributed by atoms with Crippen molar-refractivity contribution in [1.29, 1.82) is 0 Å². The van der Waals surface area contributed by atoms with Gasteiger partial charge in [0, 0.05) is 16.3 Å². The number of hydrogen-bond donors (Lipinski definition) is 1. The summed E-state index contributed by atoms with van der Waals surface area (Å²) in [6.07, 6.45) is 3.88. The number of aryl methyl sites for hydroxylation is 1. The van der Waals surface area contributed by atoms with Crippen LogP contribution in [0.4, 0.5) is 0 Å². The Hall–Kier alpha value is -0.180. The van der Waals surface area contributed by atoms with Gasteiger partial charge in [-0.15, -0.1) is 0 Å². The molecular weight excluding hydrogens is 238 g/mol. The van der Waals surface area contributed by atoms with E-state index < -0.39 is 0 Å². The molecule has 2 atom stereocenters. The quantitative estimate of drug-likeness (QED) is 0.867. The molecule has 1 aliphatic heterocycles. The van der Waals surface area contributed by atoms with Gasteiger partial charge in [-0.25, -0.2) is 0 Å². The predicted octanol–water partition coefficient (Wildman–Crippen LogP) is 3.93. The minimum absolute atomic E-state index is 0.128. The van der Waals surface area contributed by atoms with Gasteiger partial charge in [-0.05, 0) is 42.7 Å². The molecule has 2 unspecified atom stereocenters. The number of hydrogen-bond acceptors (Lipinski definition) is 2. The molecule has 1 fully saturated rings. The van der Waals surface area contributed by atoms with Gasteiger partial charge in [0.2, 0.25) is 0 Å². The van der Waals surface area contributed by atoms with E-state index in [4.69, 9.17) is 17.3 Å². The second-order valence-corrected chi connectivity index (χ2v) is 6.19. The minimum Gasteiger partial charge on any atom is -0.323 e. The lowest BCUT2D eigenvalue weighted by Crippen LogP contribution is -2.26. The molecule has 1 aromatic carbocycles. The van der Waals surface area contributed by atoms with E-state index in [0.29, 0.717) is 5.25 Å². The SMILES string of the molecule is Cc1ccc(C(N)C2CCCCS2)cc1Cl. The fraction of sp³-hybridized carbons (Fsp3) is 0.538. The van der Waals surface area contributed by atoms with Crippen molar-refractivity contribution in [3.8, 4) is 0 Å². The first kappa shape index (κ1) is 12.3. The van der Waals surface area contributed by atoms with Crippen molar-refractivity contribution in [1.82, 2.24) is 0 Å². The molecule has 0 bridgehead atoms. The van der Waals surface area contributed by atoms with Gasteiger partial charge >= 0.3 is 0 Å². The van der Waals surface area contributed by atoms with E-state index in [-0.39, 0.29) is 6.04 Å². The topological polar surface area (TPSA) is 26.0 Å². The minimum atomic E-state index is 0.128. The summed E-state index contributed by atoms with van der Waals surface area (Å²) >= 11 is 8.14. The number of rotatable bonds is 2. The van der Waals surface area contributed by atoms with E-state index >= 15 is 0 Å². The molecular formula is C13H18ClNS. The highest BCUT2D eigenvalue weighted by Gasteiger charge is 2.22. The highest BCUT2D eigenvalue weighted by atomic mass is 35.5. The Balaban J connectivity index is 2.12. The molecule has 88 valence electrons. The fourth-order valence-corrected chi connectivity index (χ4v) is 3.64. The summed E-state index contributed by atoms with van der Waals surface area (Å²) in [6, 6.07) is 6.33. The molecule has 0 aromatic heterocycles. The van der Waals surface area contributed by atoms with Crippen LogP contribution in [0.5, 0.6) is 0 Å². The van der Waals surface area contributed by atoms with Crippen molar-refractivity contribution >= 4 is 23.4 Å². The molecule has 1 heterocycles. The van der Waals surface area contributed by atoms with Gasteiger partial charge in [-0.1, -0.05) is 30.2 Å². The molecule has 1 aromatic rings. The molecule has 0 saturated carbocycles. The number of benzene rings is 1. The lowest BCUT2D eigenvalue weighted by Gasteiger charge is -2.27. The third-order valence-corrected chi connectivity index (χ3v) is 5.08. The van der Waals surface area contributed by atoms with Gasteiger partial charge in [0.15, 0.2) is 0 Å². The Bertz CT molecular complexity index is 361. The molecule has 0 aliphatic carbocycles. The predicted molar refractivity (Wildman–Crippen MR) is 73.2 cm³/mol. The lowest BCUT2D eigenvalue weighted by molar-refractivity contribution is 0.582. The molecule has 1 nitrogen and oxygen atoms in total. The zero-order valence-corrected chi connectivity index (χ0v) is 11.2. The first-order valence-electron chi connectivity index (χ1n) is 5.81. The first-order valence-corrected chi connectivity index (χ1v) is 7.24. The highest BCUT2D eigenvalue weighted by Crippen LogP contribution is 2.34. The van der Waals surface area contributed by atoms with Crippen LogP contribution in [0.15, 0.2) is 18.2 Å². The monoisotopic (exact) mass is 255 g/mol. The van der Waals surface area contributed by atoms with Crippen LogP contribution < -0.4 is 5.73 Å². The number of thioether (sulfide) groups is 1. The summed E-state index contributed by atoms with van der Waals surface area (Å²) in [5, 5.41) is 1.39. The van der Waals surface area contributed by atoms with Gasteiger partial charge in [-0.2, -0.15) is 11.8 Å². The third-order valence-electron chi connectivity index (χ3n) is 3.20. The number of halogens is 1. The summed E-state index contributed by atoms with van der Waals surface area (Å²) in [6.45, 7) is 2.02. The molecule has 1 aliphatic rings. The second kappa shape index (κ2) is 5.44. The normalized spacial score (nSPS) is 23.1. The van der Waals surface area contributed by atoms with Crippen molar-refractivity contribution in [3.05, 3.63) is 34.3 Å². The van der Waals surface area contributed by atoms with Crippen LogP contribution in [-0.2, 0) is 0 Å². The summed E-state index contributed by atoms with van der Waals surface area (Å²) in [7, 11) is 0. The maximum atomic E-state index is 6.31. The fourth-order valence-electron chi connectivity index (χ4n) is 2.08. The molecule has 0 amide bonds. The van der Waals surface area contributed by atoms with Gasteiger partial charge < -0.3 is 5.73 Å². The van der Waals surface area contributed by atoms with E-state index in [1.807, 2.05) is 24.8 Å². The van der Waals surface area contributed by atoms with Crippen molar-refractivity contribution < 1.29 is 0 Å². The van der Waals surface area contributed by atoms with Gasteiger partial charge in [0.05, 0.1) is 0 Å². The van der Waals surface area contributed by atoms with Crippen LogP contribution in [0.2, 0.25) is 5.02 Å². The van der Waals surface area contributed by atoms with Crippen molar-refractivity contribution in [2.45, 2.75) is 37.5 Å². The van der Waals surface area contributed by atoms with Crippen molar-refractivity contribution in [2.24, 2.45) is 5.73 Å². The standard InChI is InChI=1S/C13H18ClNS/c1-9-5-6-10(8-11(9)14)13(15)12-4-2-3-7-16-12/h5-6,8,12-13H,2-4,7,15H2,1H3. The van der Waals surface area contributed by atoms with Gasteiger partial charge in [0.1, 0.15) is 0 Å². The molecule has 0 radical (unpaired) electrons. The molecule has 16 heavy (non-hydrogen) atoms. The Kier molecular flexibility index (Phi) is 4.17. The Morgan fingerprint density at radius 1 is 1.44 bits per heavy atom. The Morgan fingerprint density at radius 3 is 2.88 bits per heavy atom. The van der Waals surface area contributed by atoms with Gasteiger partial charge in [-0.3, -0.25) is 0 Å². The summed E-state index contributed by atoms with van der Waals surface area (Å²) in [4.78, 5) is 0. The summed E-state index contributed by atoms with van der Waals surface area (Å²) < 4.78 is 0. The average Bonchev–Trinajstić information content (AvgIpc) is 2.33. The van der Waals surface area contributed by atoms with Gasteiger partial charge in [0.25, 0.3) is 0 Å². The highest BCUT2D eigenvalue weighted by molar-refractivity contribution is 8.00.